The Hall–Kier alpha value is -1.53. The zero-order valence-electron chi connectivity index (χ0n) is 9.83. The first kappa shape index (κ1) is 12.9. The van der Waals surface area contributed by atoms with Crippen molar-refractivity contribution < 1.29 is 13.6 Å². The average Bonchev–Trinajstić information content (AvgIpc) is 2.34. The highest BCUT2D eigenvalue weighted by Crippen LogP contribution is 2.16. The SMILES string of the molecule is NC(=O)C1CNCCN1Cc1c(F)cccc1F. The molecule has 0 spiro atoms. The lowest BCUT2D eigenvalue weighted by molar-refractivity contribution is -0.124. The molecule has 1 saturated heterocycles. The van der Waals surface area contributed by atoms with Gasteiger partial charge in [-0.1, -0.05) is 6.07 Å². The molecule has 0 saturated carbocycles. The van der Waals surface area contributed by atoms with E-state index in [1.165, 1.54) is 18.2 Å². The van der Waals surface area contributed by atoms with Gasteiger partial charge in [0.2, 0.25) is 5.91 Å². The van der Waals surface area contributed by atoms with E-state index in [0.717, 1.165) is 0 Å². The predicted molar refractivity (Wildman–Crippen MR) is 62.6 cm³/mol. The van der Waals surface area contributed by atoms with Crippen molar-refractivity contribution in [1.82, 2.24) is 10.2 Å². The lowest BCUT2D eigenvalue weighted by Gasteiger charge is -2.34. The Morgan fingerprint density at radius 2 is 2.11 bits per heavy atom. The molecular formula is C12H15F2N3O. The van der Waals surface area contributed by atoms with Gasteiger partial charge in [-0.15, -0.1) is 0 Å². The Balaban J connectivity index is 2.18. The summed E-state index contributed by atoms with van der Waals surface area (Å²) in [6.45, 7) is 1.65. The summed E-state index contributed by atoms with van der Waals surface area (Å²) >= 11 is 0. The van der Waals surface area contributed by atoms with Gasteiger partial charge in [-0.25, -0.2) is 8.78 Å². The summed E-state index contributed by atoms with van der Waals surface area (Å²) in [6.07, 6.45) is 0. The van der Waals surface area contributed by atoms with Gasteiger partial charge in [-0.2, -0.15) is 0 Å². The molecule has 0 radical (unpaired) electrons. The van der Waals surface area contributed by atoms with E-state index in [0.29, 0.717) is 19.6 Å². The number of carbonyl (C=O) groups excluding carboxylic acids is 1. The maximum Gasteiger partial charge on any atom is 0.236 e. The molecule has 3 N–H and O–H groups in total. The van der Waals surface area contributed by atoms with Gasteiger partial charge < -0.3 is 11.1 Å². The number of nitrogens with one attached hydrogen (secondary N) is 1. The minimum Gasteiger partial charge on any atom is -0.368 e. The van der Waals surface area contributed by atoms with Crippen LogP contribution in [0.5, 0.6) is 0 Å². The number of halogens is 2. The van der Waals surface area contributed by atoms with Gasteiger partial charge in [0.25, 0.3) is 0 Å². The molecule has 1 unspecified atom stereocenters. The molecule has 0 bridgehead atoms. The molecule has 18 heavy (non-hydrogen) atoms. The third kappa shape index (κ3) is 2.65. The fraction of sp³-hybridized carbons (Fsp3) is 0.417. The number of nitrogens with two attached hydrogens (primary N) is 1. The third-order valence-electron chi connectivity index (χ3n) is 3.11. The topological polar surface area (TPSA) is 58.4 Å². The summed E-state index contributed by atoms with van der Waals surface area (Å²) in [7, 11) is 0. The molecule has 0 aromatic heterocycles. The summed E-state index contributed by atoms with van der Waals surface area (Å²) in [6, 6.07) is 3.20. The van der Waals surface area contributed by atoms with Gasteiger partial charge in [-0.3, -0.25) is 9.69 Å². The molecule has 1 fully saturated rings. The van der Waals surface area contributed by atoms with Gasteiger partial charge in [0.05, 0.1) is 0 Å². The number of piperazine rings is 1. The zero-order valence-corrected chi connectivity index (χ0v) is 9.83. The molecule has 98 valence electrons. The number of primary amides is 1. The standard InChI is InChI=1S/C12H15F2N3O/c13-9-2-1-3-10(14)8(9)7-17-5-4-16-6-11(17)12(15)18/h1-3,11,16H,4-7H2,(H2,15,18). The van der Waals surface area contributed by atoms with Crippen molar-refractivity contribution in [2.45, 2.75) is 12.6 Å². The summed E-state index contributed by atoms with van der Waals surface area (Å²) in [5.41, 5.74) is 5.26. The van der Waals surface area contributed by atoms with Crippen LogP contribution < -0.4 is 11.1 Å². The summed E-state index contributed by atoms with van der Waals surface area (Å²) in [5, 5.41) is 3.03. The molecule has 1 aromatic carbocycles. The van der Waals surface area contributed by atoms with Crippen LogP contribution in [0.4, 0.5) is 8.78 Å². The number of hydrogen-bond acceptors (Lipinski definition) is 3. The van der Waals surface area contributed by atoms with Crippen molar-refractivity contribution >= 4 is 5.91 Å². The van der Waals surface area contributed by atoms with Gasteiger partial charge in [0.15, 0.2) is 0 Å². The van der Waals surface area contributed by atoms with Gasteiger partial charge in [-0.05, 0) is 12.1 Å². The van der Waals surface area contributed by atoms with E-state index in [9.17, 15) is 13.6 Å². The summed E-state index contributed by atoms with van der Waals surface area (Å²) in [5.74, 6) is -1.69. The fourth-order valence-corrected chi connectivity index (χ4v) is 2.10. The average molecular weight is 255 g/mol. The van der Waals surface area contributed by atoms with E-state index in [2.05, 4.69) is 5.32 Å². The van der Waals surface area contributed by atoms with Gasteiger partial charge >= 0.3 is 0 Å². The first-order valence-corrected chi connectivity index (χ1v) is 5.76. The molecule has 1 aliphatic rings. The molecule has 1 atom stereocenters. The van der Waals surface area contributed by atoms with Crippen molar-refractivity contribution in [3.05, 3.63) is 35.4 Å². The molecule has 1 heterocycles. The first-order chi connectivity index (χ1) is 8.59. The van der Waals surface area contributed by atoms with Gasteiger partial charge in [0, 0.05) is 31.7 Å². The molecule has 4 nitrogen and oxygen atoms in total. The highest BCUT2D eigenvalue weighted by Gasteiger charge is 2.28. The maximum absolute atomic E-state index is 13.5. The third-order valence-corrected chi connectivity index (χ3v) is 3.11. The molecule has 2 rings (SSSR count). The number of carbonyl (C=O) groups is 1. The van der Waals surface area contributed by atoms with Crippen molar-refractivity contribution in [3.63, 3.8) is 0 Å². The fourth-order valence-electron chi connectivity index (χ4n) is 2.10. The zero-order chi connectivity index (χ0) is 13.1. The predicted octanol–water partition coefficient (Wildman–Crippen LogP) is 0.224. The van der Waals surface area contributed by atoms with Crippen LogP contribution in [-0.4, -0.2) is 36.5 Å². The largest absolute Gasteiger partial charge is 0.368 e. The van der Waals surface area contributed by atoms with Crippen molar-refractivity contribution in [3.8, 4) is 0 Å². The van der Waals surface area contributed by atoms with E-state index < -0.39 is 23.6 Å². The Bertz CT molecular complexity index is 433. The van der Waals surface area contributed by atoms with Crippen LogP contribution >= 0.6 is 0 Å². The van der Waals surface area contributed by atoms with Crippen LogP contribution in [0.1, 0.15) is 5.56 Å². The normalized spacial score (nSPS) is 20.9. The number of rotatable bonds is 3. The van der Waals surface area contributed by atoms with Gasteiger partial charge in [0.1, 0.15) is 17.7 Å². The van der Waals surface area contributed by atoms with Crippen LogP contribution in [0.2, 0.25) is 0 Å². The van der Waals surface area contributed by atoms with Crippen LogP contribution in [0.25, 0.3) is 0 Å². The summed E-state index contributed by atoms with van der Waals surface area (Å²) in [4.78, 5) is 13.0. The Morgan fingerprint density at radius 3 is 2.72 bits per heavy atom. The quantitative estimate of drug-likeness (QED) is 0.812. The second kappa shape index (κ2) is 5.41. The van der Waals surface area contributed by atoms with Crippen molar-refractivity contribution in [2.24, 2.45) is 5.73 Å². The number of hydrogen-bond donors (Lipinski definition) is 2. The second-order valence-electron chi connectivity index (χ2n) is 4.29. The Morgan fingerprint density at radius 1 is 1.44 bits per heavy atom. The molecular weight excluding hydrogens is 240 g/mol. The minimum atomic E-state index is -0.600. The molecule has 1 aliphatic heterocycles. The van der Waals surface area contributed by atoms with Crippen LogP contribution in [-0.2, 0) is 11.3 Å². The molecule has 0 aliphatic carbocycles. The monoisotopic (exact) mass is 255 g/mol. The highest BCUT2D eigenvalue weighted by atomic mass is 19.1. The lowest BCUT2D eigenvalue weighted by atomic mass is 10.1. The van der Waals surface area contributed by atoms with E-state index in [4.69, 9.17) is 5.73 Å². The number of benzene rings is 1. The van der Waals surface area contributed by atoms with Crippen LogP contribution in [0.3, 0.4) is 0 Å². The van der Waals surface area contributed by atoms with Crippen LogP contribution in [0, 0.1) is 11.6 Å². The Kier molecular flexibility index (Phi) is 3.88. The molecule has 1 amide bonds. The first-order valence-electron chi connectivity index (χ1n) is 5.76. The summed E-state index contributed by atoms with van der Waals surface area (Å²) < 4.78 is 27.1. The lowest BCUT2D eigenvalue weighted by Crippen LogP contribution is -2.56. The van der Waals surface area contributed by atoms with E-state index in [1.807, 2.05) is 0 Å². The van der Waals surface area contributed by atoms with E-state index >= 15 is 0 Å². The Labute approximate surface area is 104 Å². The van der Waals surface area contributed by atoms with Crippen molar-refractivity contribution in [2.75, 3.05) is 19.6 Å². The highest BCUT2D eigenvalue weighted by molar-refractivity contribution is 5.80. The number of nitrogens with zero attached hydrogens (tertiary/aromatic N) is 1. The maximum atomic E-state index is 13.5. The molecule has 6 heteroatoms. The molecule has 1 aromatic rings. The van der Waals surface area contributed by atoms with E-state index in [-0.39, 0.29) is 12.1 Å². The van der Waals surface area contributed by atoms with Crippen molar-refractivity contribution in [1.29, 1.82) is 0 Å². The number of amides is 1. The van der Waals surface area contributed by atoms with Crippen LogP contribution in [0.15, 0.2) is 18.2 Å². The smallest absolute Gasteiger partial charge is 0.236 e. The second-order valence-corrected chi connectivity index (χ2v) is 4.29. The minimum absolute atomic E-state index is 0.0225. The van der Waals surface area contributed by atoms with E-state index in [1.54, 1.807) is 4.90 Å².